The molecule has 3 N–H and O–H groups in total. The molecule has 3 rings (SSSR count). The number of furan rings is 1. The molecule has 0 aliphatic rings. The Labute approximate surface area is 85.5 Å². The Balaban J connectivity index is 2.59. The van der Waals surface area contributed by atoms with E-state index in [1.807, 2.05) is 18.2 Å². The van der Waals surface area contributed by atoms with Gasteiger partial charge in [-0.3, -0.25) is 0 Å². The molecule has 0 saturated carbocycles. The van der Waals surface area contributed by atoms with Crippen LogP contribution in [0.4, 0.5) is 5.69 Å². The van der Waals surface area contributed by atoms with Gasteiger partial charge in [-0.1, -0.05) is 0 Å². The van der Waals surface area contributed by atoms with Crippen molar-refractivity contribution in [2.75, 3.05) is 5.73 Å². The third-order valence-electron chi connectivity index (χ3n) is 2.78. The number of aromatic hydroxyl groups is 1. The predicted octanol–water partition coefficient (Wildman–Crippen LogP) is 2.21. The summed E-state index contributed by atoms with van der Waals surface area (Å²) in [5, 5.41) is 11.5. The molecule has 2 aromatic heterocycles. The normalized spacial score (nSPS) is 11.5. The van der Waals surface area contributed by atoms with E-state index in [1.54, 1.807) is 17.9 Å². The maximum Gasteiger partial charge on any atom is 0.215 e. The van der Waals surface area contributed by atoms with E-state index in [0.717, 1.165) is 21.9 Å². The summed E-state index contributed by atoms with van der Waals surface area (Å²) in [6, 6.07) is 5.67. The smallest absolute Gasteiger partial charge is 0.215 e. The minimum atomic E-state index is 0.0950. The van der Waals surface area contributed by atoms with Gasteiger partial charge in [0.25, 0.3) is 0 Å². The van der Waals surface area contributed by atoms with Crippen LogP contribution in [0.1, 0.15) is 0 Å². The number of hydrogen-bond donors (Lipinski definition) is 2. The Morgan fingerprint density at radius 1 is 1.40 bits per heavy atom. The Morgan fingerprint density at radius 2 is 2.20 bits per heavy atom. The molecule has 15 heavy (non-hydrogen) atoms. The molecule has 0 atom stereocenters. The van der Waals surface area contributed by atoms with Crippen molar-refractivity contribution >= 4 is 27.6 Å². The summed E-state index contributed by atoms with van der Waals surface area (Å²) in [6.07, 6.45) is 1.64. The lowest BCUT2D eigenvalue weighted by Crippen LogP contribution is -1.86. The fraction of sp³-hybridized carbons (Fsp3) is 0.0909. The van der Waals surface area contributed by atoms with E-state index in [4.69, 9.17) is 10.2 Å². The van der Waals surface area contributed by atoms with Gasteiger partial charge in [-0.05, 0) is 12.1 Å². The molecule has 76 valence electrons. The molecule has 0 bridgehead atoms. The Morgan fingerprint density at radius 3 is 3.00 bits per heavy atom. The van der Waals surface area contributed by atoms with E-state index in [-0.39, 0.29) is 5.88 Å². The van der Waals surface area contributed by atoms with Gasteiger partial charge in [-0.15, -0.1) is 0 Å². The molecule has 3 aromatic rings. The zero-order chi connectivity index (χ0) is 10.6. The number of rotatable bonds is 0. The van der Waals surface area contributed by atoms with Gasteiger partial charge in [0, 0.05) is 23.9 Å². The fourth-order valence-corrected chi connectivity index (χ4v) is 1.91. The molecule has 0 unspecified atom stereocenters. The molecule has 0 amide bonds. The number of fused-ring (bicyclic) bond motifs is 2. The van der Waals surface area contributed by atoms with E-state index < -0.39 is 0 Å². The highest BCUT2D eigenvalue weighted by molar-refractivity contribution is 6.02. The number of aryl methyl sites for hydroxylation is 1. The highest BCUT2D eigenvalue weighted by Gasteiger charge is 2.12. The first-order chi connectivity index (χ1) is 7.18. The average Bonchev–Trinajstić information content (AvgIpc) is 2.77. The molecular formula is C11H10N2O2. The third-order valence-corrected chi connectivity index (χ3v) is 2.78. The maximum absolute atomic E-state index is 9.68. The lowest BCUT2D eigenvalue weighted by molar-refractivity contribution is 0.438. The Hall–Kier alpha value is -2.10. The molecular weight excluding hydrogens is 192 g/mol. The van der Waals surface area contributed by atoms with Gasteiger partial charge in [0.1, 0.15) is 11.3 Å². The molecule has 0 radical (unpaired) electrons. The summed E-state index contributed by atoms with van der Waals surface area (Å²) in [5.74, 6) is 0.0950. The largest absolute Gasteiger partial charge is 0.493 e. The summed E-state index contributed by atoms with van der Waals surface area (Å²) in [7, 11) is 1.77. The first-order valence-corrected chi connectivity index (χ1v) is 4.62. The number of nitrogens with zero attached hydrogens (tertiary/aromatic N) is 1. The SMILES string of the molecule is Cn1c(O)c(N)c2cc3ccoc3cc21. The molecule has 0 saturated heterocycles. The molecule has 0 fully saturated rings. The van der Waals surface area contributed by atoms with Gasteiger partial charge in [0.05, 0.1) is 11.8 Å². The summed E-state index contributed by atoms with van der Waals surface area (Å²) >= 11 is 0. The highest BCUT2D eigenvalue weighted by atomic mass is 16.3. The van der Waals surface area contributed by atoms with Crippen LogP contribution in [0, 0.1) is 0 Å². The summed E-state index contributed by atoms with van der Waals surface area (Å²) in [6.45, 7) is 0. The zero-order valence-corrected chi connectivity index (χ0v) is 8.19. The van der Waals surface area contributed by atoms with Gasteiger partial charge >= 0.3 is 0 Å². The average molecular weight is 202 g/mol. The van der Waals surface area contributed by atoms with Crippen LogP contribution in [0.15, 0.2) is 28.9 Å². The molecule has 1 aromatic carbocycles. The van der Waals surface area contributed by atoms with Gasteiger partial charge in [-0.25, -0.2) is 0 Å². The van der Waals surface area contributed by atoms with Crippen LogP contribution in [0.2, 0.25) is 0 Å². The van der Waals surface area contributed by atoms with E-state index in [2.05, 4.69) is 0 Å². The van der Waals surface area contributed by atoms with E-state index in [9.17, 15) is 5.11 Å². The van der Waals surface area contributed by atoms with Crippen LogP contribution in [0.5, 0.6) is 5.88 Å². The van der Waals surface area contributed by atoms with Crippen LogP contribution in [0.3, 0.4) is 0 Å². The van der Waals surface area contributed by atoms with E-state index in [0.29, 0.717) is 5.69 Å². The second-order valence-electron chi connectivity index (χ2n) is 3.62. The number of benzene rings is 1. The van der Waals surface area contributed by atoms with Crippen molar-refractivity contribution in [2.45, 2.75) is 0 Å². The van der Waals surface area contributed by atoms with Gasteiger partial charge in [0.2, 0.25) is 5.88 Å². The monoisotopic (exact) mass is 202 g/mol. The van der Waals surface area contributed by atoms with Crippen molar-refractivity contribution in [1.82, 2.24) is 4.57 Å². The number of aromatic nitrogens is 1. The van der Waals surface area contributed by atoms with Crippen LogP contribution in [-0.2, 0) is 7.05 Å². The topological polar surface area (TPSA) is 64.3 Å². The molecule has 2 heterocycles. The molecule has 4 nitrogen and oxygen atoms in total. The van der Waals surface area contributed by atoms with Crippen LogP contribution in [-0.4, -0.2) is 9.67 Å². The fourth-order valence-electron chi connectivity index (χ4n) is 1.91. The van der Waals surface area contributed by atoms with Gasteiger partial charge in [-0.2, -0.15) is 0 Å². The first kappa shape index (κ1) is 8.23. The highest BCUT2D eigenvalue weighted by Crippen LogP contribution is 2.35. The van der Waals surface area contributed by atoms with Crippen molar-refractivity contribution in [3.05, 3.63) is 24.5 Å². The maximum atomic E-state index is 9.68. The van der Waals surface area contributed by atoms with Crippen molar-refractivity contribution in [3.8, 4) is 5.88 Å². The van der Waals surface area contributed by atoms with Crippen LogP contribution < -0.4 is 5.73 Å². The van der Waals surface area contributed by atoms with Crippen LogP contribution in [0.25, 0.3) is 21.9 Å². The van der Waals surface area contributed by atoms with Gasteiger partial charge < -0.3 is 19.8 Å². The zero-order valence-electron chi connectivity index (χ0n) is 8.19. The second-order valence-corrected chi connectivity index (χ2v) is 3.62. The van der Waals surface area contributed by atoms with Crippen LogP contribution >= 0.6 is 0 Å². The van der Waals surface area contributed by atoms with Gasteiger partial charge in [0.15, 0.2) is 0 Å². The number of hydrogen-bond acceptors (Lipinski definition) is 3. The Bertz CT molecular complexity index is 610. The molecule has 0 aliphatic heterocycles. The standard InChI is InChI=1S/C11H10N2O2/c1-13-8-5-9-6(2-3-15-9)4-7(8)10(12)11(13)14/h2-5,14H,12H2,1H3. The minimum absolute atomic E-state index is 0.0950. The molecule has 0 spiro atoms. The summed E-state index contributed by atoms with van der Waals surface area (Å²) in [5.41, 5.74) is 7.87. The minimum Gasteiger partial charge on any atom is -0.493 e. The van der Waals surface area contributed by atoms with Crippen molar-refractivity contribution in [2.24, 2.45) is 7.05 Å². The van der Waals surface area contributed by atoms with Crippen molar-refractivity contribution < 1.29 is 9.52 Å². The lowest BCUT2D eigenvalue weighted by Gasteiger charge is -1.96. The van der Waals surface area contributed by atoms with Crippen molar-refractivity contribution in [3.63, 3.8) is 0 Å². The number of anilines is 1. The summed E-state index contributed by atoms with van der Waals surface area (Å²) < 4.78 is 6.94. The van der Waals surface area contributed by atoms with E-state index >= 15 is 0 Å². The summed E-state index contributed by atoms with van der Waals surface area (Å²) in [4.78, 5) is 0. The Kier molecular flexibility index (Phi) is 1.36. The number of nitrogen functional groups attached to an aromatic ring is 1. The van der Waals surface area contributed by atoms with Crippen molar-refractivity contribution in [1.29, 1.82) is 0 Å². The first-order valence-electron chi connectivity index (χ1n) is 4.62. The second kappa shape index (κ2) is 2.48. The quantitative estimate of drug-likeness (QED) is 0.587. The third kappa shape index (κ3) is 0.905. The molecule has 0 aliphatic carbocycles. The predicted molar refractivity (Wildman–Crippen MR) is 58.8 cm³/mol. The molecule has 4 heteroatoms. The number of nitrogens with two attached hydrogens (primary N) is 1. The van der Waals surface area contributed by atoms with E-state index in [1.165, 1.54) is 0 Å². The lowest BCUT2D eigenvalue weighted by atomic mass is 10.2.